The van der Waals surface area contributed by atoms with Crippen molar-refractivity contribution in [3.05, 3.63) is 78.4 Å². The minimum absolute atomic E-state index is 0. The molecule has 1 heterocycles. The molecule has 0 bridgehead atoms. The van der Waals surface area contributed by atoms with E-state index in [4.69, 9.17) is 4.74 Å². The first kappa shape index (κ1) is 29.3. The number of hydrogen-bond acceptors (Lipinski definition) is 3. The Balaban J connectivity index is 0.00000316. The smallest absolute Gasteiger partial charge is 0.302 e. The summed E-state index contributed by atoms with van der Waals surface area (Å²) in [5.41, 5.74) is 2.85. The van der Waals surface area contributed by atoms with Gasteiger partial charge >= 0.3 is 5.97 Å². The highest BCUT2D eigenvalue weighted by atomic mass is 79.9. The SMILES string of the molecule is CC(=O)O[C@H]1CC[C@@]2(C)C(=CC[C@H]3[C@@H]4CC[C@H](n5cc[n+](CC(=O)c6ccc7ccccc7c6)c5)[C@@]4(C)CC[C@@H]32)C1.[Br-]. The average molecular weight is 632 g/mol. The van der Waals surface area contributed by atoms with Crippen LogP contribution in [0.2, 0.25) is 0 Å². The first-order valence-corrected chi connectivity index (χ1v) is 15.7. The summed E-state index contributed by atoms with van der Waals surface area (Å²) in [5.74, 6) is 2.18. The number of esters is 1. The number of imidazole rings is 1. The number of carbonyl (C=O) groups excluding carboxylic acids is 2. The van der Waals surface area contributed by atoms with Crippen molar-refractivity contribution in [2.45, 2.75) is 90.8 Å². The Morgan fingerprint density at radius 1 is 1.00 bits per heavy atom. The second-order valence-corrected chi connectivity index (χ2v) is 13.9. The van der Waals surface area contributed by atoms with Gasteiger partial charge in [-0.3, -0.25) is 9.59 Å². The van der Waals surface area contributed by atoms with Crippen molar-refractivity contribution in [2.24, 2.45) is 28.6 Å². The molecule has 3 aromatic rings. The molecule has 2 aromatic carbocycles. The van der Waals surface area contributed by atoms with Crippen molar-refractivity contribution < 1.29 is 35.9 Å². The summed E-state index contributed by atoms with van der Waals surface area (Å²) in [5, 5.41) is 2.27. The first-order chi connectivity index (χ1) is 19.7. The molecule has 6 heteroatoms. The number of hydrogen-bond donors (Lipinski definition) is 0. The van der Waals surface area contributed by atoms with Crippen molar-refractivity contribution in [2.75, 3.05) is 0 Å². The van der Waals surface area contributed by atoms with Gasteiger partial charge in [0.1, 0.15) is 24.5 Å². The minimum Gasteiger partial charge on any atom is -1.00 e. The van der Waals surface area contributed by atoms with Crippen LogP contribution in [0.25, 0.3) is 10.8 Å². The molecular weight excluding hydrogens is 588 g/mol. The van der Waals surface area contributed by atoms with Gasteiger partial charge in [0.15, 0.2) is 6.54 Å². The summed E-state index contributed by atoms with van der Waals surface area (Å²) < 4.78 is 10.1. The third kappa shape index (κ3) is 4.88. The van der Waals surface area contributed by atoms with Crippen LogP contribution < -0.4 is 21.5 Å². The predicted molar refractivity (Wildman–Crippen MR) is 159 cm³/mol. The first-order valence-electron chi connectivity index (χ1n) is 15.7. The topological polar surface area (TPSA) is 52.2 Å². The van der Waals surface area contributed by atoms with Crippen molar-refractivity contribution in [1.29, 1.82) is 0 Å². The van der Waals surface area contributed by atoms with E-state index in [-0.39, 0.29) is 45.7 Å². The molecule has 42 heavy (non-hydrogen) atoms. The molecular formula is C36H43BrN2O3. The normalized spacial score (nSPS) is 33.5. The Hall–Kier alpha value is -2.73. The third-order valence-electron chi connectivity index (χ3n) is 11.8. The molecule has 4 aliphatic rings. The number of rotatable bonds is 5. The monoisotopic (exact) mass is 630 g/mol. The molecule has 0 aliphatic heterocycles. The quantitative estimate of drug-likeness (QED) is 0.183. The second-order valence-electron chi connectivity index (χ2n) is 13.9. The van der Waals surface area contributed by atoms with Crippen molar-refractivity contribution in [3.8, 4) is 0 Å². The van der Waals surface area contributed by atoms with Gasteiger partial charge < -0.3 is 21.7 Å². The lowest BCUT2D eigenvalue weighted by Gasteiger charge is -2.57. The number of ketones is 1. The molecule has 0 N–H and O–H groups in total. The lowest BCUT2D eigenvalue weighted by atomic mass is 9.48. The van der Waals surface area contributed by atoms with Gasteiger partial charge in [-0.15, -0.1) is 0 Å². The van der Waals surface area contributed by atoms with Gasteiger partial charge in [0.05, 0.1) is 0 Å². The summed E-state index contributed by atoms with van der Waals surface area (Å²) in [6.45, 7) is 6.96. The second kappa shape index (κ2) is 11.1. The van der Waals surface area contributed by atoms with E-state index in [1.807, 2.05) is 30.3 Å². The Kier molecular flexibility index (Phi) is 7.74. The maximum absolute atomic E-state index is 13.2. The Morgan fingerprint density at radius 2 is 1.81 bits per heavy atom. The van der Waals surface area contributed by atoms with Gasteiger partial charge in [0, 0.05) is 24.3 Å². The molecule has 7 atom stereocenters. The van der Waals surface area contributed by atoms with E-state index in [9.17, 15) is 9.59 Å². The fraction of sp³-hybridized carbons (Fsp3) is 0.528. The average Bonchev–Trinajstić information content (AvgIpc) is 3.56. The minimum atomic E-state index is -0.150. The predicted octanol–water partition coefficient (Wildman–Crippen LogP) is 4.25. The van der Waals surface area contributed by atoms with E-state index in [0.29, 0.717) is 12.6 Å². The number of carbonyl (C=O) groups is 2. The number of halogens is 1. The molecule has 0 radical (unpaired) electrons. The number of nitrogens with zero attached hydrogens (tertiary/aromatic N) is 2. The van der Waals surface area contributed by atoms with Crippen LogP contribution in [0.4, 0.5) is 0 Å². The van der Waals surface area contributed by atoms with E-state index < -0.39 is 0 Å². The molecule has 3 saturated carbocycles. The molecule has 1 aromatic heterocycles. The number of Topliss-reactive ketones (excluding diaryl/α,β-unsaturated/α-hetero) is 1. The van der Waals surface area contributed by atoms with Gasteiger partial charge in [-0.2, -0.15) is 0 Å². The highest BCUT2D eigenvalue weighted by molar-refractivity contribution is 5.99. The molecule has 3 fully saturated rings. The van der Waals surface area contributed by atoms with E-state index in [0.717, 1.165) is 53.4 Å². The molecule has 0 amide bonds. The van der Waals surface area contributed by atoms with Crippen LogP contribution in [0, 0.1) is 28.6 Å². The molecule has 0 saturated heterocycles. The van der Waals surface area contributed by atoms with Crippen LogP contribution in [-0.2, 0) is 16.1 Å². The van der Waals surface area contributed by atoms with Gasteiger partial charge in [0.2, 0.25) is 12.1 Å². The van der Waals surface area contributed by atoms with E-state index in [2.05, 4.69) is 59.9 Å². The molecule has 4 aliphatic carbocycles. The zero-order valence-corrected chi connectivity index (χ0v) is 26.7. The number of aromatic nitrogens is 2. The molecule has 0 spiro atoms. The van der Waals surface area contributed by atoms with Crippen LogP contribution in [0.5, 0.6) is 0 Å². The number of ether oxygens (including phenoxy) is 1. The summed E-state index contributed by atoms with van der Waals surface area (Å²) in [4.78, 5) is 24.8. The summed E-state index contributed by atoms with van der Waals surface area (Å²) in [6, 6.07) is 14.7. The van der Waals surface area contributed by atoms with Gasteiger partial charge in [-0.05, 0) is 85.0 Å². The third-order valence-corrected chi connectivity index (χ3v) is 11.8. The fourth-order valence-corrected chi connectivity index (χ4v) is 9.73. The maximum Gasteiger partial charge on any atom is 0.302 e. The summed E-state index contributed by atoms with van der Waals surface area (Å²) in [7, 11) is 0. The molecule has 7 rings (SSSR count). The molecule has 0 unspecified atom stereocenters. The van der Waals surface area contributed by atoms with Gasteiger partial charge in [0.25, 0.3) is 0 Å². The van der Waals surface area contributed by atoms with E-state index in [1.54, 1.807) is 5.57 Å². The lowest BCUT2D eigenvalue weighted by Crippen LogP contribution is -3.00. The zero-order valence-electron chi connectivity index (χ0n) is 25.1. The van der Waals surface area contributed by atoms with Crippen LogP contribution in [0.1, 0.15) is 88.5 Å². The lowest BCUT2D eigenvalue weighted by molar-refractivity contribution is -0.682. The van der Waals surface area contributed by atoms with Crippen molar-refractivity contribution in [3.63, 3.8) is 0 Å². The standard InChI is InChI=1S/C36H43N2O3.BrH/c1-24(39)41-29-14-16-35(2)28(21-29)10-11-30-31-12-13-34(36(31,3)17-15-32(30)35)38-19-18-37(23-38)22-33(40)27-9-8-25-6-4-5-7-26(25)20-27;/h4-10,18-20,23,29-32,34H,11-17,21-22H2,1-3H3;1H/q+1;/p-1/t29-,30-,31-,32-,34-,35-,36-;/m0./s1. The zero-order chi connectivity index (χ0) is 28.4. The maximum atomic E-state index is 13.2. The summed E-state index contributed by atoms with van der Waals surface area (Å²) in [6.07, 6.45) is 18.3. The Morgan fingerprint density at radius 3 is 2.62 bits per heavy atom. The van der Waals surface area contributed by atoms with Crippen LogP contribution in [-0.4, -0.2) is 22.4 Å². The van der Waals surface area contributed by atoms with Crippen LogP contribution in [0.15, 0.2) is 72.8 Å². The van der Waals surface area contributed by atoms with Gasteiger partial charge in [-0.1, -0.05) is 61.9 Å². The molecule has 5 nitrogen and oxygen atoms in total. The van der Waals surface area contributed by atoms with E-state index >= 15 is 0 Å². The Bertz CT molecular complexity index is 1540. The Labute approximate surface area is 260 Å². The van der Waals surface area contributed by atoms with Crippen LogP contribution in [0.3, 0.4) is 0 Å². The van der Waals surface area contributed by atoms with Crippen molar-refractivity contribution >= 4 is 22.5 Å². The largest absolute Gasteiger partial charge is 1.00 e. The highest BCUT2D eigenvalue weighted by Crippen LogP contribution is 2.67. The number of fused-ring (bicyclic) bond motifs is 6. The summed E-state index contributed by atoms with van der Waals surface area (Å²) >= 11 is 0. The van der Waals surface area contributed by atoms with Crippen LogP contribution >= 0.6 is 0 Å². The van der Waals surface area contributed by atoms with E-state index in [1.165, 1.54) is 39.0 Å². The van der Waals surface area contributed by atoms with Crippen molar-refractivity contribution in [1.82, 2.24) is 4.57 Å². The highest BCUT2D eigenvalue weighted by Gasteiger charge is 2.60. The fourth-order valence-electron chi connectivity index (χ4n) is 9.73. The molecule has 222 valence electrons. The number of benzene rings is 2. The van der Waals surface area contributed by atoms with Gasteiger partial charge in [-0.25, -0.2) is 9.13 Å². The number of allylic oxidation sites excluding steroid dienone is 1.